The van der Waals surface area contributed by atoms with Crippen LogP contribution in [-0.4, -0.2) is 29.2 Å². The lowest BCUT2D eigenvalue weighted by Crippen LogP contribution is -2.18. The molecule has 0 fully saturated rings. The van der Waals surface area contributed by atoms with Gasteiger partial charge in [0.15, 0.2) is 0 Å². The first-order valence-electron chi connectivity index (χ1n) is 4.57. The molecule has 0 aromatic carbocycles. The second kappa shape index (κ2) is 5.49. The van der Waals surface area contributed by atoms with Crippen molar-refractivity contribution in [2.45, 2.75) is 0 Å². The maximum absolute atomic E-state index is 10.5. The summed E-state index contributed by atoms with van der Waals surface area (Å²) in [7, 11) is 0. The van der Waals surface area contributed by atoms with Crippen LogP contribution in [0, 0.1) is 10.1 Å². The van der Waals surface area contributed by atoms with Crippen molar-refractivity contribution in [1.82, 2.24) is 4.98 Å². The van der Waals surface area contributed by atoms with Gasteiger partial charge in [0.25, 0.3) is 0 Å². The molecule has 92 valence electrons. The molecule has 9 nitrogen and oxygen atoms in total. The van der Waals surface area contributed by atoms with Crippen molar-refractivity contribution in [2.75, 3.05) is 24.2 Å². The Kier molecular flexibility index (Phi) is 4.03. The zero-order valence-electron chi connectivity index (χ0n) is 8.75. The summed E-state index contributed by atoms with van der Waals surface area (Å²) in [5.74, 6) is 0.164. The first-order chi connectivity index (χ1) is 8.00. The topological polar surface area (TPSA) is 146 Å². The molecular weight excluding hydrogens is 230 g/mol. The van der Waals surface area contributed by atoms with Crippen LogP contribution in [0.1, 0.15) is 0 Å². The number of rotatable bonds is 5. The van der Waals surface area contributed by atoms with Crippen molar-refractivity contribution in [2.24, 2.45) is 5.73 Å². The van der Waals surface area contributed by atoms with Gasteiger partial charge in [-0.25, -0.2) is 9.78 Å². The molecule has 5 N–H and O–H groups in total. The van der Waals surface area contributed by atoms with Crippen LogP contribution in [0.4, 0.5) is 22.1 Å². The number of ether oxygens (including phenoxy) is 1. The van der Waals surface area contributed by atoms with Gasteiger partial charge in [0.1, 0.15) is 12.4 Å². The average Bonchev–Trinajstić information content (AvgIpc) is 2.23. The largest absolute Gasteiger partial charge is 0.448 e. The summed E-state index contributed by atoms with van der Waals surface area (Å²) in [4.78, 5) is 23.8. The fourth-order valence-corrected chi connectivity index (χ4v) is 1.05. The molecule has 1 amide bonds. The van der Waals surface area contributed by atoms with Gasteiger partial charge < -0.3 is 21.5 Å². The van der Waals surface area contributed by atoms with E-state index in [1.165, 1.54) is 12.1 Å². The number of nitrogens with one attached hydrogen (secondary N) is 1. The Balaban J connectivity index is 2.53. The maximum Gasteiger partial charge on any atom is 0.404 e. The Bertz CT molecular complexity index is 436. The lowest BCUT2D eigenvalue weighted by atomic mass is 10.4. The lowest BCUT2D eigenvalue weighted by molar-refractivity contribution is -0.384. The molecule has 0 bridgehead atoms. The lowest BCUT2D eigenvalue weighted by Gasteiger charge is -2.06. The van der Waals surface area contributed by atoms with Gasteiger partial charge in [-0.1, -0.05) is 0 Å². The van der Waals surface area contributed by atoms with Crippen molar-refractivity contribution in [3.63, 3.8) is 0 Å². The van der Waals surface area contributed by atoms with Crippen LogP contribution in [0.3, 0.4) is 0 Å². The molecule has 0 unspecified atom stereocenters. The highest BCUT2D eigenvalue weighted by Crippen LogP contribution is 2.20. The monoisotopic (exact) mass is 241 g/mol. The molecule has 0 aliphatic rings. The van der Waals surface area contributed by atoms with E-state index in [2.05, 4.69) is 15.0 Å². The Hall–Kier alpha value is -2.58. The summed E-state index contributed by atoms with van der Waals surface area (Å²) in [6.45, 7) is 0.334. The molecule has 17 heavy (non-hydrogen) atoms. The van der Waals surface area contributed by atoms with Gasteiger partial charge in [-0.05, 0) is 6.07 Å². The van der Waals surface area contributed by atoms with Crippen LogP contribution >= 0.6 is 0 Å². The SMILES string of the molecule is NC(=O)OCCNc1ccc([N+](=O)[O-])c(N)n1. The van der Waals surface area contributed by atoms with Crippen LogP contribution in [-0.2, 0) is 4.74 Å². The number of nitrogen functional groups attached to an aromatic ring is 1. The standard InChI is InChI=1S/C8H11N5O4/c9-7-5(13(15)16)1-2-6(12-7)11-3-4-17-8(10)14/h1-2H,3-4H2,(H2,10,14)(H3,9,11,12). The highest BCUT2D eigenvalue weighted by Gasteiger charge is 2.12. The normalized spacial score (nSPS) is 9.65. The van der Waals surface area contributed by atoms with Crippen LogP contribution in [0.15, 0.2) is 12.1 Å². The summed E-state index contributed by atoms with van der Waals surface area (Å²) < 4.78 is 4.46. The second-order valence-corrected chi connectivity index (χ2v) is 2.95. The molecule has 0 radical (unpaired) electrons. The van der Waals surface area contributed by atoms with E-state index in [0.717, 1.165) is 0 Å². The Morgan fingerprint density at radius 2 is 2.29 bits per heavy atom. The number of hydrogen-bond donors (Lipinski definition) is 3. The van der Waals surface area contributed by atoms with Crippen molar-refractivity contribution < 1.29 is 14.5 Å². The van der Waals surface area contributed by atoms with Crippen molar-refractivity contribution in [1.29, 1.82) is 0 Å². The number of nitrogens with zero attached hydrogens (tertiary/aromatic N) is 2. The Labute approximate surface area is 95.9 Å². The smallest absolute Gasteiger partial charge is 0.404 e. The van der Waals surface area contributed by atoms with Crippen LogP contribution in [0.25, 0.3) is 0 Å². The highest BCUT2D eigenvalue weighted by molar-refractivity contribution is 5.64. The zero-order chi connectivity index (χ0) is 12.8. The molecule has 0 spiro atoms. The predicted molar refractivity (Wildman–Crippen MR) is 59.3 cm³/mol. The minimum absolute atomic E-state index is 0.0634. The Morgan fingerprint density at radius 1 is 1.59 bits per heavy atom. The van der Waals surface area contributed by atoms with E-state index >= 15 is 0 Å². The van der Waals surface area contributed by atoms with Gasteiger partial charge in [-0.2, -0.15) is 0 Å². The van der Waals surface area contributed by atoms with E-state index in [1.54, 1.807) is 0 Å². The number of hydrogen-bond acceptors (Lipinski definition) is 7. The summed E-state index contributed by atoms with van der Waals surface area (Å²) in [5, 5.41) is 13.2. The number of pyridine rings is 1. The molecular formula is C8H11N5O4. The van der Waals surface area contributed by atoms with Crippen LogP contribution in [0.2, 0.25) is 0 Å². The fraction of sp³-hybridized carbons (Fsp3) is 0.250. The molecule has 9 heteroatoms. The minimum atomic E-state index is -0.872. The first-order valence-corrected chi connectivity index (χ1v) is 4.57. The average molecular weight is 241 g/mol. The summed E-state index contributed by atoms with van der Waals surface area (Å²) in [6.07, 6.45) is -0.872. The van der Waals surface area contributed by atoms with Gasteiger partial charge >= 0.3 is 11.8 Å². The van der Waals surface area contributed by atoms with Crippen molar-refractivity contribution in [3.8, 4) is 0 Å². The summed E-state index contributed by atoms with van der Waals surface area (Å²) >= 11 is 0. The van der Waals surface area contributed by atoms with E-state index < -0.39 is 11.0 Å². The van der Waals surface area contributed by atoms with Gasteiger partial charge in [0.05, 0.1) is 11.5 Å². The molecule has 1 aromatic rings. The Morgan fingerprint density at radius 3 is 2.82 bits per heavy atom. The molecule has 1 aromatic heterocycles. The van der Waals surface area contributed by atoms with E-state index in [9.17, 15) is 14.9 Å². The van der Waals surface area contributed by atoms with E-state index in [4.69, 9.17) is 11.5 Å². The van der Waals surface area contributed by atoms with E-state index in [0.29, 0.717) is 5.82 Å². The number of amides is 1. The number of carbonyl (C=O) groups excluding carboxylic acids is 1. The molecule has 0 atom stereocenters. The molecule has 0 aliphatic heterocycles. The third-order valence-electron chi connectivity index (χ3n) is 1.75. The molecule has 0 saturated heterocycles. The van der Waals surface area contributed by atoms with E-state index in [1.807, 2.05) is 0 Å². The van der Waals surface area contributed by atoms with Crippen molar-refractivity contribution in [3.05, 3.63) is 22.2 Å². The number of aromatic nitrogens is 1. The van der Waals surface area contributed by atoms with Gasteiger partial charge in [0, 0.05) is 6.07 Å². The highest BCUT2D eigenvalue weighted by atomic mass is 16.6. The van der Waals surface area contributed by atoms with Crippen LogP contribution in [0.5, 0.6) is 0 Å². The quantitative estimate of drug-likeness (QED) is 0.375. The zero-order valence-corrected chi connectivity index (χ0v) is 8.75. The number of carbonyl (C=O) groups is 1. The number of primary amides is 1. The molecule has 0 aliphatic carbocycles. The summed E-state index contributed by atoms with van der Waals surface area (Å²) in [5.41, 5.74) is 9.87. The van der Waals surface area contributed by atoms with E-state index in [-0.39, 0.29) is 24.7 Å². The maximum atomic E-state index is 10.5. The molecule has 0 saturated carbocycles. The minimum Gasteiger partial charge on any atom is -0.448 e. The second-order valence-electron chi connectivity index (χ2n) is 2.95. The third-order valence-corrected chi connectivity index (χ3v) is 1.75. The van der Waals surface area contributed by atoms with Gasteiger partial charge in [-0.15, -0.1) is 0 Å². The van der Waals surface area contributed by atoms with Gasteiger partial charge in [0.2, 0.25) is 5.82 Å². The first kappa shape index (κ1) is 12.5. The third kappa shape index (κ3) is 3.81. The fourth-order valence-electron chi connectivity index (χ4n) is 1.05. The predicted octanol–water partition coefficient (Wildman–Crippen LogP) is 0.0792. The van der Waals surface area contributed by atoms with Crippen molar-refractivity contribution >= 4 is 23.4 Å². The number of anilines is 2. The molecule has 1 heterocycles. The van der Waals surface area contributed by atoms with Gasteiger partial charge in [-0.3, -0.25) is 10.1 Å². The van der Waals surface area contributed by atoms with Crippen LogP contribution < -0.4 is 16.8 Å². The summed E-state index contributed by atoms with van der Waals surface area (Å²) in [6, 6.07) is 2.64. The molecule has 1 rings (SSSR count). The number of nitro groups is 1. The number of nitrogens with two attached hydrogens (primary N) is 2.